The van der Waals surface area contributed by atoms with E-state index in [2.05, 4.69) is 0 Å². The van der Waals surface area contributed by atoms with E-state index in [0.29, 0.717) is 19.8 Å². The first-order chi connectivity index (χ1) is 8.59. The standard InChI is InChI=1S/C15H32O4/c1-9-16-13(17-10-2)12(19-15(6,7)8)11-18-14(3,4)5/h12-13H,9-11H2,1-8H3. The lowest BCUT2D eigenvalue weighted by molar-refractivity contribution is -0.243. The summed E-state index contributed by atoms with van der Waals surface area (Å²) in [7, 11) is 0. The Morgan fingerprint density at radius 3 is 1.58 bits per heavy atom. The quantitative estimate of drug-likeness (QED) is 0.637. The Hall–Kier alpha value is -0.160. The predicted octanol–water partition coefficient (Wildman–Crippen LogP) is 3.38. The van der Waals surface area contributed by atoms with Gasteiger partial charge in [0.1, 0.15) is 6.10 Å². The van der Waals surface area contributed by atoms with Gasteiger partial charge in [-0.1, -0.05) is 0 Å². The minimum atomic E-state index is -0.392. The molecule has 0 spiro atoms. The molecule has 0 fully saturated rings. The molecule has 0 aromatic rings. The van der Waals surface area contributed by atoms with E-state index >= 15 is 0 Å². The number of ether oxygens (including phenoxy) is 4. The molecule has 0 heterocycles. The Balaban J connectivity index is 4.70. The van der Waals surface area contributed by atoms with Crippen molar-refractivity contribution < 1.29 is 18.9 Å². The Morgan fingerprint density at radius 1 is 0.789 bits per heavy atom. The van der Waals surface area contributed by atoms with Gasteiger partial charge in [-0.3, -0.25) is 0 Å². The molecule has 19 heavy (non-hydrogen) atoms. The maximum Gasteiger partial charge on any atom is 0.185 e. The van der Waals surface area contributed by atoms with Gasteiger partial charge in [-0.25, -0.2) is 0 Å². The molecule has 0 saturated heterocycles. The van der Waals surface area contributed by atoms with Gasteiger partial charge >= 0.3 is 0 Å². The van der Waals surface area contributed by atoms with Crippen LogP contribution in [0.1, 0.15) is 55.4 Å². The molecule has 4 heteroatoms. The Bertz CT molecular complexity index is 221. The van der Waals surface area contributed by atoms with E-state index in [1.807, 2.05) is 55.4 Å². The van der Waals surface area contributed by atoms with Crippen LogP contribution in [0.2, 0.25) is 0 Å². The van der Waals surface area contributed by atoms with Gasteiger partial charge in [-0.15, -0.1) is 0 Å². The van der Waals surface area contributed by atoms with Crippen LogP contribution in [0.5, 0.6) is 0 Å². The fraction of sp³-hybridized carbons (Fsp3) is 1.00. The maximum absolute atomic E-state index is 6.03. The van der Waals surface area contributed by atoms with E-state index in [9.17, 15) is 0 Å². The van der Waals surface area contributed by atoms with Crippen LogP contribution in [0.3, 0.4) is 0 Å². The van der Waals surface area contributed by atoms with Gasteiger partial charge in [0.25, 0.3) is 0 Å². The van der Waals surface area contributed by atoms with Gasteiger partial charge in [0.05, 0.1) is 17.8 Å². The molecule has 1 atom stereocenters. The molecule has 0 aromatic heterocycles. The van der Waals surface area contributed by atoms with Crippen molar-refractivity contribution in [2.75, 3.05) is 19.8 Å². The highest BCUT2D eigenvalue weighted by Crippen LogP contribution is 2.19. The molecule has 0 aromatic carbocycles. The molecule has 0 rings (SSSR count). The van der Waals surface area contributed by atoms with E-state index < -0.39 is 6.29 Å². The van der Waals surface area contributed by atoms with E-state index in [0.717, 1.165) is 0 Å². The van der Waals surface area contributed by atoms with Crippen molar-refractivity contribution in [3.63, 3.8) is 0 Å². The van der Waals surface area contributed by atoms with E-state index in [1.54, 1.807) is 0 Å². The monoisotopic (exact) mass is 276 g/mol. The summed E-state index contributed by atoms with van der Waals surface area (Å²) in [5.41, 5.74) is -0.471. The van der Waals surface area contributed by atoms with E-state index in [4.69, 9.17) is 18.9 Å². The number of rotatable bonds is 8. The van der Waals surface area contributed by atoms with Crippen molar-refractivity contribution >= 4 is 0 Å². The number of hydrogen-bond acceptors (Lipinski definition) is 4. The molecule has 0 bridgehead atoms. The molecule has 0 amide bonds. The third-order valence-corrected chi connectivity index (χ3v) is 2.15. The van der Waals surface area contributed by atoms with Crippen LogP contribution in [-0.4, -0.2) is 43.4 Å². The van der Waals surface area contributed by atoms with Crippen LogP contribution in [0, 0.1) is 0 Å². The van der Waals surface area contributed by atoms with Gasteiger partial charge in [-0.2, -0.15) is 0 Å². The molecule has 116 valence electrons. The summed E-state index contributed by atoms with van der Waals surface area (Å²) in [6, 6.07) is 0. The average Bonchev–Trinajstić information content (AvgIpc) is 2.21. The first kappa shape index (κ1) is 18.8. The van der Waals surface area contributed by atoms with Crippen LogP contribution in [0.15, 0.2) is 0 Å². The van der Waals surface area contributed by atoms with Gasteiger partial charge in [0.15, 0.2) is 6.29 Å². The Kier molecular flexibility index (Phi) is 8.13. The molecule has 0 aliphatic rings. The molecule has 4 nitrogen and oxygen atoms in total. The summed E-state index contributed by atoms with van der Waals surface area (Å²) in [6.45, 7) is 17.7. The minimum absolute atomic E-state index is 0.206. The van der Waals surface area contributed by atoms with Gasteiger partial charge in [0, 0.05) is 13.2 Å². The molecule has 0 radical (unpaired) electrons. The molecular formula is C15H32O4. The second-order valence-corrected chi connectivity index (χ2v) is 6.47. The first-order valence-electron chi connectivity index (χ1n) is 7.14. The Morgan fingerprint density at radius 2 is 1.26 bits per heavy atom. The predicted molar refractivity (Wildman–Crippen MR) is 77.4 cm³/mol. The molecule has 1 unspecified atom stereocenters. The van der Waals surface area contributed by atoms with Crippen molar-refractivity contribution in [3.8, 4) is 0 Å². The number of hydrogen-bond donors (Lipinski definition) is 0. The SMILES string of the molecule is CCOC(OCC)C(COC(C)(C)C)OC(C)(C)C. The zero-order chi connectivity index (χ0) is 15.1. The first-order valence-corrected chi connectivity index (χ1v) is 7.14. The van der Waals surface area contributed by atoms with Crippen molar-refractivity contribution in [1.82, 2.24) is 0 Å². The molecule has 0 saturated carbocycles. The van der Waals surface area contributed by atoms with E-state index in [1.165, 1.54) is 0 Å². The lowest BCUT2D eigenvalue weighted by Gasteiger charge is -2.34. The Labute approximate surface area is 118 Å². The van der Waals surface area contributed by atoms with Gasteiger partial charge < -0.3 is 18.9 Å². The van der Waals surface area contributed by atoms with Crippen LogP contribution in [-0.2, 0) is 18.9 Å². The van der Waals surface area contributed by atoms with Crippen LogP contribution in [0.25, 0.3) is 0 Å². The lowest BCUT2D eigenvalue weighted by Crippen LogP contribution is -2.43. The maximum atomic E-state index is 6.03. The van der Waals surface area contributed by atoms with Crippen molar-refractivity contribution in [2.45, 2.75) is 79.0 Å². The molecule has 0 aliphatic carbocycles. The zero-order valence-corrected chi connectivity index (χ0v) is 13.9. The topological polar surface area (TPSA) is 36.9 Å². The van der Waals surface area contributed by atoms with E-state index in [-0.39, 0.29) is 17.3 Å². The second-order valence-electron chi connectivity index (χ2n) is 6.47. The zero-order valence-electron chi connectivity index (χ0n) is 13.9. The minimum Gasteiger partial charge on any atom is -0.373 e. The lowest BCUT2D eigenvalue weighted by atomic mass is 10.1. The summed E-state index contributed by atoms with van der Waals surface area (Å²) < 4.78 is 23.1. The van der Waals surface area contributed by atoms with Gasteiger partial charge in [-0.05, 0) is 55.4 Å². The molecule has 0 aliphatic heterocycles. The average molecular weight is 276 g/mol. The normalized spacial score (nSPS) is 15.0. The molecular weight excluding hydrogens is 244 g/mol. The summed E-state index contributed by atoms with van der Waals surface area (Å²) in [6.07, 6.45) is -0.629. The smallest absolute Gasteiger partial charge is 0.185 e. The van der Waals surface area contributed by atoms with Gasteiger partial charge in [0.2, 0.25) is 0 Å². The molecule has 0 N–H and O–H groups in total. The highest BCUT2D eigenvalue weighted by Gasteiger charge is 2.29. The highest BCUT2D eigenvalue weighted by molar-refractivity contribution is 4.71. The summed E-state index contributed by atoms with van der Waals surface area (Å²) >= 11 is 0. The van der Waals surface area contributed by atoms with Crippen LogP contribution >= 0.6 is 0 Å². The largest absolute Gasteiger partial charge is 0.373 e. The van der Waals surface area contributed by atoms with Crippen molar-refractivity contribution in [1.29, 1.82) is 0 Å². The third kappa shape index (κ3) is 10.3. The second kappa shape index (κ2) is 8.20. The fourth-order valence-electron chi connectivity index (χ4n) is 1.55. The highest BCUT2D eigenvalue weighted by atomic mass is 16.7. The summed E-state index contributed by atoms with van der Waals surface area (Å²) in [5, 5.41) is 0. The van der Waals surface area contributed by atoms with Crippen LogP contribution < -0.4 is 0 Å². The third-order valence-electron chi connectivity index (χ3n) is 2.15. The van der Waals surface area contributed by atoms with Crippen molar-refractivity contribution in [3.05, 3.63) is 0 Å². The summed E-state index contributed by atoms with van der Waals surface area (Å²) in [4.78, 5) is 0. The van der Waals surface area contributed by atoms with Crippen molar-refractivity contribution in [2.24, 2.45) is 0 Å². The fourth-order valence-corrected chi connectivity index (χ4v) is 1.55. The van der Waals surface area contributed by atoms with Crippen LogP contribution in [0.4, 0.5) is 0 Å². The summed E-state index contributed by atoms with van der Waals surface area (Å²) in [5.74, 6) is 0.